The van der Waals surface area contributed by atoms with Crippen LogP contribution in [0.5, 0.6) is 0 Å². The summed E-state index contributed by atoms with van der Waals surface area (Å²) in [5.74, 6) is 0.926. The Balaban J connectivity index is 1.33. The molecule has 1 atom stereocenters. The van der Waals surface area contributed by atoms with E-state index in [2.05, 4.69) is 58.5 Å². The van der Waals surface area contributed by atoms with Crippen molar-refractivity contribution < 1.29 is 4.79 Å². The molecule has 0 spiro atoms. The molecule has 3 heterocycles. The van der Waals surface area contributed by atoms with E-state index in [0.717, 1.165) is 65.3 Å². The first-order valence-electron chi connectivity index (χ1n) is 12.3. The van der Waals surface area contributed by atoms with E-state index < -0.39 is 0 Å². The number of nitrogens with zero attached hydrogens (tertiary/aromatic N) is 5. The van der Waals surface area contributed by atoms with Crippen LogP contribution in [0, 0.1) is 26.7 Å². The number of benzene rings is 2. The third-order valence-corrected chi connectivity index (χ3v) is 7.09. The number of carbonyl (C=O) groups excluding carboxylic acids is 1. The second-order valence-electron chi connectivity index (χ2n) is 9.57. The van der Waals surface area contributed by atoms with Gasteiger partial charge in [-0.05, 0) is 58.2 Å². The van der Waals surface area contributed by atoms with Crippen molar-refractivity contribution in [2.75, 3.05) is 18.0 Å². The Labute approximate surface area is 206 Å². The fraction of sp³-hybridized carbons (Fsp3) is 0.357. The van der Waals surface area contributed by atoms with Gasteiger partial charge in [0.25, 0.3) is 0 Å². The molecule has 1 amide bonds. The molecule has 7 nitrogen and oxygen atoms in total. The largest absolute Gasteiger partial charge is 0.353 e. The van der Waals surface area contributed by atoms with Crippen LogP contribution in [-0.2, 0) is 4.79 Å². The topological polar surface area (TPSA) is 75.9 Å². The molecule has 4 aromatic rings. The van der Waals surface area contributed by atoms with Crippen LogP contribution in [0.3, 0.4) is 0 Å². The molecule has 1 fully saturated rings. The number of anilines is 1. The molecule has 0 saturated carbocycles. The second kappa shape index (κ2) is 9.49. The minimum Gasteiger partial charge on any atom is -0.353 e. The fourth-order valence-corrected chi connectivity index (χ4v) is 4.97. The number of hydrogen-bond acceptors (Lipinski definition) is 5. The lowest BCUT2D eigenvalue weighted by Crippen LogP contribution is -2.41. The number of aromatic nitrogens is 4. The highest BCUT2D eigenvalue weighted by Gasteiger charge is 2.29. The maximum Gasteiger partial charge on any atom is 0.223 e. The molecular weight excluding hydrogens is 436 g/mol. The Hall–Kier alpha value is -3.74. The third-order valence-electron chi connectivity index (χ3n) is 7.09. The van der Waals surface area contributed by atoms with Crippen molar-refractivity contribution in [2.45, 2.75) is 46.6 Å². The smallest absolute Gasteiger partial charge is 0.223 e. The minimum absolute atomic E-state index is 0.00170. The average Bonchev–Trinajstić information content (AvgIpc) is 3.23. The number of fused-ring (bicyclic) bond motifs is 1. The predicted molar refractivity (Wildman–Crippen MR) is 139 cm³/mol. The van der Waals surface area contributed by atoms with E-state index in [1.807, 2.05) is 48.9 Å². The molecule has 0 bridgehead atoms. The summed E-state index contributed by atoms with van der Waals surface area (Å²) in [6.07, 6.45) is 1.56. The van der Waals surface area contributed by atoms with Gasteiger partial charge >= 0.3 is 0 Å². The number of hydrogen-bond donors (Lipinski definition) is 1. The van der Waals surface area contributed by atoms with Crippen molar-refractivity contribution in [2.24, 2.45) is 5.92 Å². The molecule has 1 aliphatic rings. The summed E-state index contributed by atoms with van der Waals surface area (Å²) in [4.78, 5) is 15.2. The van der Waals surface area contributed by atoms with Crippen molar-refractivity contribution in [1.82, 2.24) is 25.3 Å². The van der Waals surface area contributed by atoms with Gasteiger partial charge in [0.05, 0.1) is 28.5 Å². The van der Waals surface area contributed by atoms with Gasteiger partial charge in [-0.15, -0.1) is 5.10 Å². The summed E-state index contributed by atoms with van der Waals surface area (Å²) in [7, 11) is 0. The first kappa shape index (κ1) is 23.0. The van der Waals surface area contributed by atoms with Crippen LogP contribution in [0.4, 0.5) is 5.82 Å². The first-order chi connectivity index (χ1) is 16.9. The van der Waals surface area contributed by atoms with Crippen LogP contribution in [0.2, 0.25) is 0 Å². The molecule has 0 radical (unpaired) electrons. The van der Waals surface area contributed by atoms with Gasteiger partial charge in [0.15, 0.2) is 5.82 Å². The number of piperidine rings is 1. The van der Waals surface area contributed by atoms with Gasteiger partial charge in [0.1, 0.15) is 5.52 Å². The lowest BCUT2D eigenvalue weighted by Gasteiger charge is -2.32. The van der Waals surface area contributed by atoms with Gasteiger partial charge in [-0.2, -0.15) is 10.2 Å². The van der Waals surface area contributed by atoms with Gasteiger partial charge in [-0.25, -0.2) is 4.68 Å². The number of carbonyl (C=O) groups is 1. The summed E-state index contributed by atoms with van der Waals surface area (Å²) in [6, 6.07) is 18.5. The summed E-state index contributed by atoms with van der Waals surface area (Å²) < 4.78 is 1.98. The molecule has 5 rings (SSSR count). The zero-order valence-electron chi connectivity index (χ0n) is 20.8. The van der Waals surface area contributed by atoms with Crippen LogP contribution in [-0.4, -0.2) is 39.0 Å². The molecule has 1 unspecified atom stereocenters. The van der Waals surface area contributed by atoms with Crippen molar-refractivity contribution >= 4 is 22.6 Å². The quantitative estimate of drug-likeness (QED) is 0.454. The first-order valence-corrected chi connectivity index (χ1v) is 12.3. The highest BCUT2D eigenvalue weighted by atomic mass is 16.1. The van der Waals surface area contributed by atoms with E-state index >= 15 is 0 Å². The van der Waals surface area contributed by atoms with Gasteiger partial charge in [-0.3, -0.25) is 4.79 Å². The Bertz CT molecular complexity index is 1340. The van der Waals surface area contributed by atoms with E-state index in [1.165, 1.54) is 5.56 Å². The monoisotopic (exact) mass is 468 g/mol. The van der Waals surface area contributed by atoms with E-state index in [4.69, 9.17) is 5.10 Å². The molecule has 2 aromatic carbocycles. The third kappa shape index (κ3) is 4.50. The minimum atomic E-state index is -0.00182. The lowest BCUT2D eigenvalue weighted by atomic mass is 9.95. The van der Waals surface area contributed by atoms with E-state index in [1.54, 1.807) is 0 Å². The summed E-state index contributed by atoms with van der Waals surface area (Å²) in [5, 5.41) is 18.2. The van der Waals surface area contributed by atoms with Gasteiger partial charge in [0.2, 0.25) is 5.91 Å². The van der Waals surface area contributed by atoms with Gasteiger partial charge in [0, 0.05) is 19.0 Å². The maximum atomic E-state index is 12.9. The molecule has 7 heteroatoms. The number of rotatable bonds is 5. The fourth-order valence-electron chi connectivity index (χ4n) is 4.97. The molecule has 0 aliphatic carbocycles. The lowest BCUT2D eigenvalue weighted by molar-refractivity contribution is -0.126. The van der Waals surface area contributed by atoms with Crippen molar-refractivity contribution in [3.63, 3.8) is 0 Å². The van der Waals surface area contributed by atoms with Gasteiger partial charge < -0.3 is 10.2 Å². The number of amides is 1. The molecule has 1 N–H and O–H groups in total. The van der Waals surface area contributed by atoms with Crippen LogP contribution in [0.1, 0.15) is 48.3 Å². The average molecular weight is 469 g/mol. The zero-order chi connectivity index (χ0) is 24.5. The molecule has 180 valence electrons. The van der Waals surface area contributed by atoms with Crippen molar-refractivity contribution in [3.8, 4) is 5.69 Å². The van der Waals surface area contributed by atoms with E-state index in [-0.39, 0.29) is 17.9 Å². The SMILES string of the molecule is Cc1ccc(-n2nc3c(N4CCC(C(=O)NC(C)c5ccccc5)CC4)nnc(C)c3c2C)cc1. The summed E-state index contributed by atoms with van der Waals surface area (Å²) in [6.45, 7) is 9.68. The van der Waals surface area contributed by atoms with Crippen LogP contribution in [0.25, 0.3) is 16.6 Å². The Kier molecular flexibility index (Phi) is 6.24. The number of nitrogens with one attached hydrogen (secondary N) is 1. The maximum absolute atomic E-state index is 12.9. The van der Waals surface area contributed by atoms with Crippen LogP contribution < -0.4 is 10.2 Å². The summed E-state index contributed by atoms with van der Waals surface area (Å²) >= 11 is 0. The molecular formula is C28H32N6O. The Morgan fingerprint density at radius 3 is 2.34 bits per heavy atom. The second-order valence-corrected chi connectivity index (χ2v) is 9.57. The molecule has 1 aliphatic heterocycles. The zero-order valence-corrected chi connectivity index (χ0v) is 20.8. The standard InChI is InChI=1S/C28H32N6O/c1-18-10-12-24(13-11-18)34-21(4)25-20(3)30-31-27(26(25)32-34)33-16-14-23(15-17-33)28(35)29-19(2)22-8-6-5-7-9-22/h5-13,19,23H,14-17H2,1-4H3,(H,29,35). The van der Waals surface area contributed by atoms with Crippen molar-refractivity contribution in [1.29, 1.82) is 0 Å². The Morgan fingerprint density at radius 2 is 1.66 bits per heavy atom. The van der Waals surface area contributed by atoms with E-state index in [0.29, 0.717) is 0 Å². The highest BCUT2D eigenvalue weighted by Crippen LogP contribution is 2.31. The predicted octanol–water partition coefficient (Wildman–Crippen LogP) is 4.83. The normalized spacial score (nSPS) is 15.4. The Morgan fingerprint density at radius 1 is 0.971 bits per heavy atom. The molecule has 35 heavy (non-hydrogen) atoms. The van der Waals surface area contributed by atoms with E-state index in [9.17, 15) is 4.79 Å². The summed E-state index contributed by atoms with van der Waals surface area (Å²) in [5.41, 5.74) is 6.17. The van der Waals surface area contributed by atoms with Gasteiger partial charge in [-0.1, -0.05) is 48.0 Å². The van der Waals surface area contributed by atoms with Crippen molar-refractivity contribution in [3.05, 3.63) is 77.1 Å². The van der Waals surface area contributed by atoms with Crippen LogP contribution in [0.15, 0.2) is 54.6 Å². The molecule has 1 saturated heterocycles. The highest BCUT2D eigenvalue weighted by molar-refractivity contribution is 5.92. The molecule has 2 aromatic heterocycles. The van der Waals surface area contributed by atoms with Crippen LogP contribution >= 0.6 is 0 Å². The number of aryl methyl sites for hydroxylation is 3.